The minimum Gasteiger partial charge on any atom is -0.508 e. The van der Waals surface area contributed by atoms with Gasteiger partial charge in [-0.25, -0.2) is 8.42 Å². The van der Waals surface area contributed by atoms with Gasteiger partial charge in [-0.15, -0.1) is 0 Å². The highest BCUT2D eigenvalue weighted by atomic mass is 32.2. The third-order valence-electron chi connectivity index (χ3n) is 3.69. The molecule has 3 N–H and O–H groups in total. The fourth-order valence-corrected chi connectivity index (χ4v) is 3.42. The van der Waals surface area contributed by atoms with Gasteiger partial charge in [0.1, 0.15) is 11.5 Å². The number of phenolic OH excluding ortho intramolecular Hbond substituents is 1. The zero-order valence-corrected chi connectivity index (χ0v) is 14.8. The van der Waals surface area contributed by atoms with E-state index < -0.39 is 10.0 Å². The van der Waals surface area contributed by atoms with E-state index in [1.165, 1.54) is 19.2 Å². The summed E-state index contributed by atoms with van der Waals surface area (Å²) >= 11 is 0. The van der Waals surface area contributed by atoms with Crippen molar-refractivity contribution in [3.63, 3.8) is 0 Å². The molecule has 3 rings (SSSR count). The number of anilines is 3. The van der Waals surface area contributed by atoms with E-state index in [2.05, 4.69) is 10.0 Å². The summed E-state index contributed by atoms with van der Waals surface area (Å²) < 4.78 is 32.9. The van der Waals surface area contributed by atoms with Gasteiger partial charge in [0.05, 0.1) is 23.4 Å². The Morgan fingerprint density at radius 1 is 0.846 bits per heavy atom. The first-order chi connectivity index (χ1) is 12.5. The molecule has 0 spiro atoms. The van der Waals surface area contributed by atoms with Crippen molar-refractivity contribution in [2.75, 3.05) is 17.1 Å². The summed E-state index contributed by atoms with van der Waals surface area (Å²) in [5.41, 5.74) is 1.73. The van der Waals surface area contributed by atoms with Crippen LogP contribution in [0.2, 0.25) is 0 Å². The van der Waals surface area contributed by atoms with Crippen molar-refractivity contribution in [1.82, 2.24) is 0 Å². The van der Waals surface area contributed by atoms with E-state index in [9.17, 15) is 13.5 Å². The summed E-state index contributed by atoms with van der Waals surface area (Å²) in [6.45, 7) is 0. The molecule has 0 fully saturated rings. The van der Waals surface area contributed by atoms with Crippen LogP contribution in [0.15, 0.2) is 77.7 Å². The average Bonchev–Trinajstić information content (AvgIpc) is 2.65. The van der Waals surface area contributed by atoms with Gasteiger partial charge in [0, 0.05) is 5.69 Å². The van der Waals surface area contributed by atoms with Gasteiger partial charge in [0.2, 0.25) is 0 Å². The van der Waals surface area contributed by atoms with Crippen LogP contribution in [0.3, 0.4) is 0 Å². The topological polar surface area (TPSA) is 87.7 Å². The summed E-state index contributed by atoms with van der Waals surface area (Å²) in [6.07, 6.45) is 0. The van der Waals surface area contributed by atoms with Gasteiger partial charge in [-0.2, -0.15) is 0 Å². The van der Waals surface area contributed by atoms with Gasteiger partial charge >= 0.3 is 0 Å². The average molecular weight is 370 g/mol. The molecule has 6 nitrogen and oxygen atoms in total. The monoisotopic (exact) mass is 370 g/mol. The molecule has 0 aliphatic carbocycles. The summed E-state index contributed by atoms with van der Waals surface area (Å²) in [7, 11) is -2.22. The molecule has 7 heteroatoms. The van der Waals surface area contributed by atoms with Crippen LogP contribution in [0, 0.1) is 0 Å². The molecule has 0 amide bonds. The van der Waals surface area contributed by atoms with E-state index in [1.54, 1.807) is 60.7 Å². The predicted molar refractivity (Wildman–Crippen MR) is 102 cm³/mol. The smallest absolute Gasteiger partial charge is 0.261 e. The van der Waals surface area contributed by atoms with Gasteiger partial charge in [-0.05, 0) is 60.7 Å². The number of hydrogen-bond donors (Lipinski definition) is 3. The predicted octanol–water partition coefficient (Wildman–Crippen LogP) is 3.95. The third kappa shape index (κ3) is 4.07. The molecular weight excluding hydrogens is 352 g/mol. The molecule has 0 aliphatic rings. The van der Waals surface area contributed by atoms with E-state index >= 15 is 0 Å². The second-order valence-corrected chi connectivity index (χ2v) is 7.18. The van der Waals surface area contributed by atoms with Crippen molar-refractivity contribution in [2.24, 2.45) is 0 Å². The van der Waals surface area contributed by atoms with Crippen molar-refractivity contribution >= 4 is 27.1 Å². The van der Waals surface area contributed by atoms with E-state index in [0.29, 0.717) is 17.1 Å². The molecule has 0 bridgehead atoms. The Bertz CT molecular complexity index is 985. The highest BCUT2D eigenvalue weighted by Gasteiger charge is 2.16. The minimum absolute atomic E-state index is 0.137. The van der Waals surface area contributed by atoms with Crippen molar-refractivity contribution < 1.29 is 18.3 Å². The molecule has 0 saturated heterocycles. The molecular formula is C19H18N2O4S. The maximum Gasteiger partial charge on any atom is 0.261 e. The normalized spacial score (nSPS) is 11.0. The van der Waals surface area contributed by atoms with Crippen LogP contribution >= 0.6 is 0 Å². The highest BCUT2D eigenvalue weighted by molar-refractivity contribution is 7.92. The minimum atomic E-state index is -3.75. The van der Waals surface area contributed by atoms with Gasteiger partial charge in [-0.3, -0.25) is 4.72 Å². The lowest BCUT2D eigenvalue weighted by Gasteiger charge is -2.14. The Kier molecular flexibility index (Phi) is 4.99. The number of rotatable bonds is 6. The molecule has 0 atom stereocenters. The quantitative estimate of drug-likeness (QED) is 0.572. The first-order valence-corrected chi connectivity index (χ1v) is 9.28. The maximum atomic E-state index is 12.6. The van der Waals surface area contributed by atoms with Crippen molar-refractivity contribution in [3.05, 3.63) is 72.8 Å². The Morgan fingerprint density at radius 3 is 2.08 bits per heavy atom. The SMILES string of the molecule is COc1ccc(S(=O)(=O)Nc2ccccc2Nc2ccc(O)cc2)cc1. The number of hydrogen-bond acceptors (Lipinski definition) is 5. The summed E-state index contributed by atoms with van der Waals surface area (Å²) in [5, 5.41) is 12.5. The Balaban J connectivity index is 1.86. The highest BCUT2D eigenvalue weighted by Crippen LogP contribution is 2.28. The van der Waals surface area contributed by atoms with E-state index in [1.807, 2.05) is 0 Å². The second-order valence-electron chi connectivity index (χ2n) is 5.50. The third-order valence-corrected chi connectivity index (χ3v) is 5.07. The lowest BCUT2D eigenvalue weighted by atomic mass is 10.2. The summed E-state index contributed by atoms with van der Waals surface area (Å²) in [5.74, 6) is 0.738. The number of aromatic hydroxyl groups is 1. The molecule has 0 radical (unpaired) electrons. The molecule has 3 aromatic rings. The molecule has 0 heterocycles. The number of nitrogens with one attached hydrogen (secondary N) is 2. The maximum absolute atomic E-state index is 12.6. The second kappa shape index (κ2) is 7.37. The number of methoxy groups -OCH3 is 1. The summed E-state index contributed by atoms with van der Waals surface area (Å²) in [6, 6.07) is 19.6. The van der Waals surface area contributed by atoms with Gasteiger partial charge in [0.15, 0.2) is 0 Å². The number of phenols is 1. The van der Waals surface area contributed by atoms with E-state index in [-0.39, 0.29) is 10.6 Å². The van der Waals surface area contributed by atoms with Crippen LogP contribution in [0.25, 0.3) is 0 Å². The Morgan fingerprint density at radius 2 is 1.46 bits per heavy atom. The number of para-hydroxylation sites is 2. The molecule has 26 heavy (non-hydrogen) atoms. The zero-order chi connectivity index (χ0) is 18.6. The van der Waals surface area contributed by atoms with Crippen molar-refractivity contribution in [2.45, 2.75) is 4.90 Å². The molecule has 0 aromatic heterocycles. The Hall–Kier alpha value is -3.19. The van der Waals surface area contributed by atoms with Crippen LogP contribution in [0.4, 0.5) is 17.1 Å². The van der Waals surface area contributed by atoms with Crippen molar-refractivity contribution in [3.8, 4) is 11.5 Å². The van der Waals surface area contributed by atoms with Crippen LogP contribution in [-0.2, 0) is 10.0 Å². The lowest BCUT2D eigenvalue weighted by Crippen LogP contribution is -2.14. The largest absolute Gasteiger partial charge is 0.508 e. The first-order valence-electron chi connectivity index (χ1n) is 7.80. The van der Waals surface area contributed by atoms with Crippen LogP contribution in [-0.4, -0.2) is 20.6 Å². The van der Waals surface area contributed by atoms with Crippen LogP contribution in [0.1, 0.15) is 0 Å². The molecule has 0 aliphatic heterocycles. The Labute approximate surface area is 152 Å². The zero-order valence-electron chi connectivity index (χ0n) is 14.0. The lowest BCUT2D eigenvalue weighted by molar-refractivity contribution is 0.414. The van der Waals surface area contributed by atoms with Crippen molar-refractivity contribution in [1.29, 1.82) is 0 Å². The first kappa shape index (κ1) is 17.6. The molecule has 0 unspecified atom stereocenters. The number of ether oxygens (including phenoxy) is 1. The van der Waals surface area contributed by atoms with Gasteiger partial charge in [-0.1, -0.05) is 12.1 Å². The van der Waals surface area contributed by atoms with Crippen LogP contribution < -0.4 is 14.8 Å². The number of sulfonamides is 1. The van der Waals surface area contributed by atoms with E-state index in [4.69, 9.17) is 4.74 Å². The fraction of sp³-hybridized carbons (Fsp3) is 0.0526. The fourth-order valence-electron chi connectivity index (χ4n) is 2.34. The van der Waals surface area contributed by atoms with E-state index in [0.717, 1.165) is 5.69 Å². The van der Waals surface area contributed by atoms with Crippen LogP contribution in [0.5, 0.6) is 11.5 Å². The number of benzene rings is 3. The molecule has 0 saturated carbocycles. The standard InChI is InChI=1S/C19H18N2O4S/c1-25-16-10-12-17(13-11-16)26(23,24)21-19-5-3-2-4-18(19)20-14-6-8-15(22)9-7-14/h2-13,20-22H,1H3. The van der Waals surface area contributed by atoms with Gasteiger partial charge < -0.3 is 15.2 Å². The summed E-state index contributed by atoms with van der Waals surface area (Å²) in [4.78, 5) is 0.137. The molecule has 3 aromatic carbocycles. The molecule has 134 valence electrons. The van der Waals surface area contributed by atoms with Gasteiger partial charge in [0.25, 0.3) is 10.0 Å².